The van der Waals surface area contributed by atoms with E-state index in [0.717, 1.165) is 17.5 Å². The number of sulfonamides is 1. The molecule has 0 saturated heterocycles. The highest BCUT2D eigenvalue weighted by atomic mass is 32.2. The number of pyridine rings is 1. The van der Waals surface area contributed by atoms with Crippen molar-refractivity contribution in [2.75, 3.05) is 0 Å². The van der Waals surface area contributed by atoms with Crippen LogP contribution in [-0.2, 0) is 17.1 Å². The number of nitrogens with zero attached hydrogens (tertiary/aromatic N) is 2. The number of aromatic nitrogens is 1. The number of aromatic carboxylic acids is 1. The summed E-state index contributed by atoms with van der Waals surface area (Å²) in [7, 11) is -2.04. The summed E-state index contributed by atoms with van der Waals surface area (Å²) in [6.45, 7) is 3.77. The Kier molecular flexibility index (Phi) is 4.55. The Hall–Kier alpha value is -2.61. The third-order valence-corrected chi connectivity index (χ3v) is 4.66. The normalized spacial score (nSPS) is 11.1. The van der Waals surface area contributed by atoms with Crippen LogP contribution in [0.3, 0.4) is 0 Å². The van der Waals surface area contributed by atoms with E-state index >= 15 is 0 Å². The van der Waals surface area contributed by atoms with Crippen molar-refractivity contribution < 1.29 is 18.3 Å². The van der Waals surface area contributed by atoms with Crippen molar-refractivity contribution in [3.8, 4) is 0 Å². The van der Waals surface area contributed by atoms with Gasteiger partial charge in [0.25, 0.3) is 10.0 Å². The van der Waals surface area contributed by atoms with Crippen LogP contribution in [0.4, 0.5) is 0 Å². The molecule has 0 aliphatic carbocycles. The summed E-state index contributed by atoms with van der Waals surface area (Å²) in [5.74, 6) is -1.19. The second-order valence-corrected chi connectivity index (χ2v) is 6.76. The molecule has 0 spiro atoms. The molecule has 1 aromatic carbocycles. The molecule has 0 fully saturated rings. The van der Waals surface area contributed by atoms with E-state index in [0.29, 0.717) is 5.36 Å². The number of benzene rings is 1. The molecule has 7 nitrogen and oxygen atoms in total. The quantitative estimate of drug-likeness (QED) is 0.818. The van der Waals surface area contributed by atoms with Gasteiger partial charge in [-0.05, 0) is 44.2 Å². The lowest BCUT2D eigenvalue weighted by Crippen LogP contribution is -2.23. The SMILES string of the molecule is Cc1cc(=NNS(=O)(=O)c2cccc(C(=O)O)c2)cc(C)n1C. The van der Waals surface area contributed by atoms with Crippen LogP contribution < -0.4 is 10.2 Å². The van der Waals surface area contributed by atoms with E-state index in [4.69, 9.17) is 5.11 Å². The lowest BCUT2D eigenvalue weighted by Gasteiger charge is -2.08. The van der Waals surface area contributed by atoms with Gasteiger partial charge in [0.05, 0.1) is 15.8 Å². The van der Waals surface area contributed by atoms with Crippen molar-refractivity contribution in [1.82, 2.24) is 9.40 Å². The van der Waals surface area contributed by atoms with Crippen molar-refractivity contribution in [3.05, 3.63) is 58.7 Å². The Morgan fingerprint density at radius 2 is 1.78 bits per heavy atom. The molecule has 0 radical (unpaired) electrons. The highest BCUT2D eigenvalue weighted by molar-refractivity contribution is 7.89. The highest BCUT2D eigenvalue weighted by Gasteiger charge is 2.15. The summed E-state index contributed by atoms with van der Waals surface area (Å²) < 4.78 is 26.4. The average molecular weight is 335 g/mol. The number of nitrogens with one attached hydrogen (secondary N) is 1. The van der Waals surface area contributed by atoms with Crippen molar-refractivity contribution in [2.45, 2.75) is 18.7 Å². The van der Waals surface area contributed by atoms with Gasteiger partial charge in [-0.15, -0.1) is 0 Å². The fraction of sp³-hybridized carbons (Fsp3) is 0.200. The lowest BCUT2D eigenvalue weighted by atomic mass is 10.2. The van der Waals surface area contributed by atoms with Crippen LogP contribution in [-0.4, -0.2) is 24.1 Å². The fourth-order valence-electron chi connectivity index (χ4n) is 1.97. The second kappa shape index (κ2) is 6.25. The molecule has 0 saturated carbocycles. The van der Waals surface area contributed by atoms with Crippen molar-refractivity contribution in [3.63, 3.8) is 0 Å². The Bertz CT molecular complexity index is 904. The summed E-state index contributed by atoms with van der Waals surface area (Å²) in [6.07, 6.45) is 0. The van der Waals surface area contributed by atoms with Crippen molar-refractivity contribution >= 4 is 16.0 Å². The number of carbonyl (C=O) groups is 1. The van der Waals surface area contributed by atoms with E-state index in [-0.39, 0.29) is 10.5 Å². The predicted octanol–water partition coefficient (Wildman–Crippen LogP) is 1.13. The number of hydrogen-bond acceptors (Lipinski definition) is 4. The molecule has 1 aromatic heterocycles. The van der Waals surface area contributed by atoms with Gasteiger partial charge in [-0.2, -0.15) is 18.4 Å². The molecular weight excluding hydrogens is 318 g/mol. The number of hydrogen-bond donors (Lipinski definition) is 2. The number of rotatable bonds is 4. The zero-order valence-electron chi connectivity index (χ0n) is 12.9. The van der Waals surface area contributed by atoms with Crippen LogP contribution in [0.2, 0.25) is 0 Å². The zero-order chi connectivity index (χ0) is 17.2. The van der Waals surface area contributed by atoms with Gasteiger partial charge >= 0.3 is 5.97 Å². The summed E-state index contributed by atoms with van der Waals surface area (Å²) in [4.78, 5) is 12.9. The van der Waals surface area contributed by atoms with E-state index in [1.807, 2.05) is 25.5 Å². The Labute approximate surface area is 134 Å². The number of aryl methyl sites for hydroxylation is 2. The first kappa shape index (κ1) is 16.8. The number of carboxylic acid groups (broad SMARTS) is 1. The molecule has 23 heavy (non-hydrogen) atoms. The van der Waals surface area contributed by atoms with Crippen LogP contribution >= 0.6 is 0 Å². The molecule has 0 aliphatic rings. The Balaban J connectivity index is 2.37. The van der Waals surface area contributed by atoms with Crippen LogP contribution in [0, 0.1) is 13.8 Å². The monoisotopic (exact) mass is 335 g/mol. The first-order chi connectivity index (χ1) is 10.7. The smallest absolute Gasteiger partial charge is 0.335 e. The van der Waals surface area contributed by atoms with E-state index in [1.54, 1.807) is 12.1 Å². The summed E-state index contributed by atoms with van der Waals surface area (Å²) in [5, 5.41) is 13.3. The van der Waals surface area contributed by atoms with Crippen molar-refractivity contribution in [1.29, 1.82) is 0 Å². The van der Waals surface area contributed by atoms with Crippen LogP contribution in [0.15, 0.2) is 46.4 Å². The first-order valence-corrected chi connectivity index (χ1v) is 8.22. The van der Waals surface area contributed by atoms with E-state index in [1.165, 1.54) is 18.2 Å². The summed E-state index contributed by atoms with van der Waals surface area (Å²) in [5.41, 5.74) is 1.75. The van der Waals surface area contributed by atoms with Crippen LogP contribution in [0.5, 0.6) is 0 Å². The van der Waals surface area contributed by atoms with Gasteiger partial charge in [-0.3, -0.25) is 0 Å². The standard InChI is InChI=1S/C15H17N3O4S/c1-10-7-13(8-11(2)18(10)3)16-17-23(21,22)14-6-4-5-12(9-14)15(19)20/h4-9,17H,1-3H3,(H,19,20). The van der Waals surface area contributed by atoms with Crippen LogP contribution in [0.1, 0.15) is 21.7 Å². The van der Waals surface area contributed by atoms with E-state index in [2.05, 4.69) is 9.93 Å². The Morgan fingerprint density at radius 1 is 1.17 bits per heavy atom. The highest BCUT2D eigenvalue weighted by Crippen LogP contribution is 2.11. The molecule has 8 heteroatoms. The zero-order valence-corrected chi connectivity index (χ0v) is 13.8. The van der Waals surface area contributed by atoms with Gasteiger partial charge in [0.2, 0.25) is 0 Å². The molecule has 1 heterocycles. The summed E-state index contributed by atoms with van der Waals surface area (Å²) >= 11 is 0. The molecule has 2 rings (SSSR count). The Morgan fingerprint density at radius 3 is 2.35 bits per heavy atom. The van der Waals surface area contributed by atoms with Gasteiger partial charge < -0.3 is 9.67 Å². The largest absolute Gasteiger partial charge is 0.478 e. The molecule has 0 unspecified atom stereocenters. The topological polar surface area (TPSA) is 101 Å². The van der Waals surface area contributed by atoms with Gasteiger partial charge in [0, 0.05) is 18.4 Å². The van der Waals surface area contributed by atoms with E-state index in [9.17, 15) is 13.2 Å². The minimum atomic E-state index is -3.94. The third-order valence-electron chi connectivity index (χ3n) is 3.46. The minimum Gasteiger partial charge on any atom is -0.478 e. The molecule has 0 amide bonds. The maximum atomic E-state index is 12.2. The molecule has 0 aliphatic heterocycles. The van der Waals surface area contributed by atoms with Gasteiger partial charge in [-0.25, -0.2) is 4.79 Å². The molecule has 2 aromatic rings. The molecule has 2 N–H and O–H groups in total. The molecule has 0 bridgehead atoms. The molecule has 122 valence electrons. The maximum absolute atomic E-state index is 12.2. The lowest BCUT2D eigenvalue weighted by molar-refractivity contribution is 0.0696. The predicted molar refractivity (Wildman–Crippen MR) is 84.2 cm³/mol. The first-order valence-electron chi connectivity index (χ1n) is 6.74. The number of carboxylic acids is 1. The second-order valence-electron chi connectivity index (χ2n) is 5.09. The average Bonchev–Trinajstić information content (AvgIpc) is 2.50. The molecular formula is C15H17N3O4S. The van der Waals surface area contributed by atoms with Gasteiger partial charge in [-0.1, -0.05) is 6.07 Å². The van der Waals surface area contributed by atoms with Crippen LogP contribution in [0.25, 0.3) is 0 Å². The van der Waals surface area contributed by atoms with Gasteiger partial charge in [0.1, 0.15) is 0 Å². The van der Waals surface area contributed by atoms with E-state index < -0.39 is 16.0 Å². The van der Waals surface area contributed by atoms with Crippen molar-refractivity contribution in [2.24, 2.45) is 12.1 Å². The fourth-order valence-corrected chi connectivity index (χ4v) is 2.84. The third kappa shape index (κ3) is 3.78. The summed E-state index contributed by atoms with van der Waals surface area (Å²) in [6, 6.07) is 8.57. The van der Waals surface area contributed by atoms with Gasteiger partial charge in [0.15, 0.2) is 0 Å². The minimum absolute atomic E-state index is 0.105. The maximum Gasteiger partial charge on any atom is 0.335 e. The molecule has 0 atom stereocenters.